The van der Waals surface area contributed by atoms with E-state index in [9.17, 15) is 4.39 Å². The fourth-order valence-electron chi connectivity index (χ4n) is 2.15. The number of H-pyrrole nitrogens is 1. The normalized spacial score (nSPS) is 11.3. The van der Waals surface area contributed by atoms with Crippen molar-refractivity contribution in [1.82, 2.24) is 9.55 Å². The molecule has 0 saturated heterocycles. The van der Waals surface area contributed by atoms with E-state index in [1.54, 1.807) is 16.7 Å². The van der Waals surface area contributed by atoms with Crippen LogP contribution in [0.15, 0.2) is 24.3 Å². The average Bonchev–Trinajstić information content (AvgIpc) is 2.70. The second-order valence-electron chi connectivity index (χ2n) is 4.60. The lowest BCUT2D eigenvalue weighted by molar-refractivity contribution is 0.630. The monoisotopic (exact) mass is 360 g/mol. The number of rotatable bonds is 1. The third-order valence-electron chi connectivity index (χ3n) is 3.19. The smallest absolute Gasteiger partial charge is 0.182 e. The second-order valence-corrected chi connectivity index (χ2v) is 6.21. The lowest BCUT2D eigenvalue weighted by atomic mass is 10.2. The number of aromatic nitrogens is 2. The lowest BCUT2D eigenvalue weighted by Gasteiger charge is -2.10. The van der Waals surface area contributed by atoms with Gasteiger partial charge in [-0.25, -0.2) is 4.39 Å². The number of aromatic amines is 1. The first kappa shape index (κ1) is 14.9. The van der Waals surface area contributed by atoms with Crippen molar-refractivity contribution in [3.63, 3.8) is 0 Å². The van der Waals surface area contributed by atoms with Gasteiger partial charge in [0.2, 0.25) is 0 Å². The van der Waals surface area contributed by atoms with Crippen molar-refractivity contribution < 1.29 is 4.39 Å². The average molecular weight is 362 g/mol. The molecule has 3 rings (SSSR count). The van der Waals surface area contributed by atoms with Crippen molar-refractivity contribution >= 4 is 58.1 Å². The second kappa shape index (κ2) is 5.29. The minimum atomic E-state index is -0.513. The quantitative estimate of drug-likeness (QED) is 0.520. The van der Waals surface area contributed by atoms with Crippen LogP contribution in [-0.4, -0.2) is 9.55 Å². The van der Waals surface area contributed by atoms with Crippen LogP contribution in [0.1, 0.15) is 5.56 Å². The molecular weight excluding hydrogens is 354 g/mol. The highest BCUT2D eigenvalue weighted by Gasteiger charge is 2.14. The van der Waals surface area contributed by atoms with Gasteiger partial charge in [0.15, 0.2) is 4.77 Å². The van der Waals surface area contributed by atoms with Crippen LogP contribution >= 0.6 is 47.0 Å². The Morgan fingerprint density at radius 1 is 1.05 bits per heavy atom. The third-order valence-corrected chi connectivity index (χ3v) is 4.48. The Kier molecular flexibility index (Phi) is 3.74. The first-order valence-electron chi connectivity index (χ1n) is 5.94. The van der Waals surface area contributed by atoms with Gasteiger partial charge in [-0.2, -0.15) is 0 Å². The van der Waals surface area contributed by atoms with Crippen LogP contribution in [0.4, 0.5) is 4.39 Å². The molecule has 7 heteroatoms. The van der Waals surface area contributed by atoms with Crippen LogP contribution in [0.5, 0.6) is 0 Å². The van der Waals surface area contributed by atoms with E-state index in [0.29, 0.717) is 31.5 Å². The van der Waals surface area contributed by atoms with Crippen molar-refractivity contribution in [3.8, 4) is 5.69 Å². The Hall–Kier alpha value is -1.07. The predicted molar refractivity (Wildman–Crippen MR) is 88.2 cm³/mol. The van der Waals surface area contributed by atoms with E-state index in [4.69, 9.17) is 47.0 Å². The number of hydrogen-bond acceptors (Lipinski definition) is 1. The Morgan fingerprint density at radius 2 is 1.76 bits per heavy atom. The van der Waals surface area contributed by atoms with E-state index in [1.807, 2.05) is 6.92 Å². The third kappa shape index (κ3) is 2.46. The van der Waals surface area contributed by atoms with Crippen molar-refractivity contribution in [2.75, 3.05) is 0 Å². The minimum Gasteiger partial charge on any atom is -0.330 e. The summed E-state index contributed by atoms with van der Waals surface area (Å²) in [5.41, 5.74) is 2.65. The summed E-state index contributed by atoms with van der Waals surface area (Å²) in [7, 11) is 0. The van der Waals surface area contributed by atoms with E-state index in [-0.39, 0.29) is 5.02 Å². The molecule has 0 fully saturated rings. The predicted octanol–water partition coefficient (Wildman–Crippen LogP) is 6.10. The van der Waals surface area contributed by atoms with E-state index in [0.717, 1.165) is 5.56 Å². The Labute approximate surface area is 140 Å². The standard InChI is InChI=1S/C14H8Cl3FN2S/c1-6-2-9(17)12(3-7(6)15)20-13-4-8(16)10(18)5-11(13)19-14(20)21/h2-5H,1H3,(H,19,21). The van der Waals surface area contributed by atoms with E-state index >= 15 is 0 Å². The molecule has 1 aromatic heterocycles. The molecule has 1 heterocycles. The zero-order valence-corrected chi connectivity index (χ0v) is 13.8. The van der Waals surface area contributed by atoms with Crippen molar-refractivity contribution in [3.05, 3.63) is 55.5 Å². The van der Waals surface area contributed by atoms with Crippen molar-refractivity contribution in [2.45, 2.75) is 6.92 Å². The topological polar surface area (TPSA) is 20.7 Å². The molecule has 0 atom stereocenters. The molecule has 2 nitrogen and oxygen atoms in total. The largest absolute Gasteiger partial charge is 0.330 e. The molecule has 0 aliphatic carbocycles. The molecule has 0 aliphatic rings. The number of nitrogens with zero attached hydrogens (tertiary/aromatic N) is 1. The summed E-state index contributed by atoms with van der Waals surface area (Å²) in [6.07, 6.45) is 0. The minimum absolute atomic E-state index is 0.0135. The van der Waals surface area contributed by atoms with Gasteiger partial charge in [-0.1, -0.05) is 34.8 Å². The van der Waals surface area contributed by atoms with Crippen molar-refractivity contribution in [1.29, 1.82) is 0 Å². The first-order valence-corrected chi connectivity index (χ1v) is 7.48. The van der Waals surface area contributed by atoms with E-state index in [1.165, 1.54) is 12.1 Å². The summed E-state index contributed by atoms with van der Waals surface area (Å²) in [4.78, 5) is 2.93. The molecule has 2 aromatic carbocycles. The van der Waals surface area contributed by atoms with Crippen LogP contribution in [-0.2, 0) is 0 Å². The molecule has 0 aliphatic heterocycles. The van der Waals surface area contributed by atoms with Crippen LogP contribution in [0.25, 0.3) is 16.7 Å². The zero-order valence-electron chi connectivity index (χ0n) is 10.7. The summed E-state index contributed by atoms with van der Waals surface area (Å²) >= 11 is 23.6. The van der Waals surface area contributed by atoms with E-state index in [2.05, 4.69) is 4.98 Å². The van der Waals surface area contributed by atoms with Crippen LogP contribution in [0.2, 0.25) is 15.1 Å². The van der Waals surface area contributed by atoms with Gasteiger partial charge in [-0.15, -0.1) is 0 Å². The van der Waals surface area contributed by atoms with Gasteiger partial charge in [-0.3, -0.25) is 4.57 Å². The fraction of sp³-hybridized carbons (Fsp3) is 0.0714. The maximum atomic E-state index is 13.5. The zero-order chi connectivity index (χ0) is 15.3. The molecule has 1 N–H and O–H groups in total. The Morgan fingerprint density at radius 3 is 2.48 bits per heavy atom. The molecule has 0 unspecified atom stereocenters. The Balaban J connectivity index is 2.40. The Bertz CT molecular complexity index is 930. The fourth-order valence-corrected chi connectivity index (χ4v) is 3.07. The highest BCUT2D eigenvalue weighted by Crippen LogP contribution is 2.32. The molecule has 0 radical (unpaired) electrons. The number of nitrogens with one attached hydrogen (secondary N) is 1. The maximum Gasteiger partial charge on any atom is 0.182 e. The molecule has 108 valence electrons. The molecule has 0 bridgehead atoms. The van der Waals surface area contributed by atoms with Gasteiger partial charge >= 0.3 is 0 Å². The maximum absolute atomic E-state index is 13.5. The molecule has 21 heavy (non-hydrogen) atoms. The van der Waals surface area contributed by atoms with Gasteiger partial charge in [0, 0.05) is 11.1 Å². The summed E-state index contributed by atoms with van der Waals surface area (Å²) < 4.78 is 15.6. The summed E-state index contributed by atoms with van der Waals surface area (Å²) in [6, 6.07) is 6.28. The SMILES string of the molecule is Cc1cc(Cl)c(-n2c(=S)[nH]c3cc(F)c(Cl)cc32)cc1Cl. The number of hydrogen-bond donors (Lipinski definition) is 1. The van der Waals surface area contributed by atoms with Crippen molar-refractivity contribution in [2.24, 2.45) is 0 Å². The number of imidazole rings is 1. The van der Waals surface area contributed by atoms with Crippen LogP contribution in [0, 0.1) is 17.5 Å². The molecule has 0 saturated carbocycles. The molecule has 0 spiro atoms. The van der Waals surface area contributed by atoms with E-state index < -0.39 is 5.82 Å². The summed E-state index contributed by atoms with van der Waals surface area (Å²) in [5.74, 6) is -0.513. The van der Waals surface area contributed by atoms with Gasteiger partial charge < -0.3 is 4.98 Å². The summed E-state index contributed by atoms with van der Waals surface area (Å²) in [6.45, 7) is 1.86. The lowest BCUT2D eigenvalue weighted by Crippen LogP contribution is -1.96. The van der Waals surface area contributed by atoms with Crippen LogP contribution < -0.4 is 0 Å². The molecular formula is C14H8Cl3FN2S. The van der Waals surface area contributed by atoms with Gasteiger partial charge in [0.1, 0.15) is 5.82 Å². The number of aryl methyl sites for hydroxylation is 1. The highest BCUT2D eigenvalue weighted by atomic mass is 35.5. The number of benzene rings is 2. The number of halogens is 4. The van der Waals surface area contributed by atoms with Gasteiger partial charge in [0.25, 0.3) is 0 Å². The summed E-state index contributed by atoms with van der Waals surface area (Å²) in [5, 5.41) is 1.08. The van der Waals surface area contributed by atoms with Gasteiger partial charge in [-0.05, 0) is 42.9 Å². The molecule has 3 aromatic rings. The number of fused-ring (bicyclic) bond motifs is 1. The molecule has 0 amide bonds. The van der Waals surface area contributed by atoms with Crippen LogP contribution in [0.3, 0.4) is 0 Å². The van der Waals surface area contributed by atoms with Gasteiger partial charge in [0.05, 0.1) is 26.8 Å². The first-order chi connectivity index (χ1) is 9.88. The highest BCUT2D eigenvalue weighted by molar-refractivity contribution is 7.71.